The van der Waals surface area contributed by atoms with E-state index in [1.165, 1.54) is 12.1 Å². The number of aliphatic hydroxyl groups is 3. The molecule has 2 fully saturated rings. The quantitative estimate of drug-likeness (QED) is 0.168. The number of epoxide rings is 1. The topological polar surface area (TPSA) is 109 Å². The normalized spacial score (nSPS) is 29.0. The van der Waals surface area contributed by atoms with Crippen molar-refractivity contribution in [2.75, 3.05) is 6.61 Å². The minimum absolute atomic E-state index is 0.0159. The fourth-order valence-corrected chi connectivity index (χ4v) is 4.75. The zero-order valence-electron chi connectivity index (χ0n) is 20.4. The van der Waals surface area contributed by atoms with Crippen LogP contribution >= 0.6 is 0 Å². The number of carbonyl (C=O) groups excluding carboxylic acids is 1. The van der Waals surface area contributed by atoms with Gasteiger partial charge in [-0.2, -0.15) is 13.2 Å². The Kier molecular flexibility index (Phi) is 9.79. The Hall–Kier alpha value is -2.14. The number of esters is 1. The number of carbonyl (C=O) groups is 1. The van der Waals surface area contributed by atoms with Crippen molar-refractivity contribution < 1.29 is 47.5 Å². The Morgan fingerprint density at radius 3 is 2.67 bits per heavy atom. The molecule has 1 aliphatic carbocycles. The van der Waals surface area contributed by atoms with Gasteiger partial charge in [0.2, 0.25) is 0 Å². The Balaban J connectivity index is 1.46. The van der Waals surface area contributed by atoms with E-state index in [0.29, 0.717) is 25.7 Å². The van der Waals surface area contributed by atoms with E-state index < -0.39 is 42.3 Å². The maximum atomic E-state index is 12.9. The molecule has 36 heavy (non-hydrogen) atoms. The molecule has 3 rings (SSSR count). The first-order valence-corrected chi connectivity index (χ1v) is 12.3. The predicted octanol–water partition coefficient (Wildman–Crippen LogP) is 3.64. The zero-order chi connectivity index (χ0) is 26.5. The number of aliphatic hydroxyl groups excluding tert-OH is 3. The van der Waals surface area contributed by atoms with Crippen molar-refractivity contribution in [3.63, 3.8) is 0 Å². The molecule has 0 aromatic heterocycles. The van der Waals surface area contributed by atoms with Crippen LogP contribution in [0.2, 0.25) is 0 Å². The molecule has 7 unspecified atom stereocenters. The van der Waals surface area contributed by atoms with Gasteiger partial charge in [-0.25, -0.2) is 0 Å². The Morgan fingerprint density at radius 1 is 1.22 bits per heavy atom. The molecule has 202 valence electrons. The van der Waals surface area contributed by atoms with Crippen molar-refractivity contribution in [3.8, 4) is 5.75 Å². The lowest BCUT2D eigenvalue weighted by molar-refractivity contribution is -0.147. The van der Waals surface area contributed by atoms with Gasteiger partial charge in [-0.15, -0.1) is 0 Å². The number of unbranched alkanes of at least 4 members (excludes halogenated alkanes) is 1. The summed E-state index contributed by atoms with van der Waals surface area (Å²) in [7, 11) is 0. The molecule has 1 aliphatic heterocycles. The van der Waals surface area contributed by atoms with Crippen LogP contribution in [-0.4, -0.2) is 64.5 Å². The lowest BCUT2D eigenvalue weighted by atomic mass is 9.86. The second-order valence-electron chi connectivity index (χ2n) is 9.72. The van der Waals surface area contributed by atoms with Crippen LogP contribution in [0, 0.1) is 11.8 Å². The predicted molar refractivity (Wildman–Crippen MR) is 124 cm³/mol. The number of hydrogen-bond donors (Lipinski definition) is 3. The van der Waals surface area contributed by atoms with Crippen LogP contribution in [0.5, 0.6) is 5.75 Å². The van der Waals surface area contributed by atoms with Crippen LogP contribution in [-0.2, 0) is 20.4 Å². The smallest absolute Gasteiger partial charge is 0.416 e. The molecule has 1 aromatic carbocycles. The third kappa shape index (κ3) is 7.93. The lowest BCUT2D eigenvalue weighted by Gasteiger charge is -2.21. The highest BCUT2D eigenvalue weighted by Crippen LogP contribution is 2.46. The highest BCUT2D eigenvalue weighted by Gasteiger charge is 2.57. The summed E-state index contributed by atoms with van der Waals surface area (Å²) < 4.78 is 54.7. The minimum atomic E-state index is -4.49. The van der Waals surface area contributed by atoms with Crippen molar-refractivity contribution in [1.82, 2.24) is 0 Å². The fraction of sp³-hybridized carbons (Fsp3) is 0.654. The summed E-state index contributed by atoms with van der Waals surface area (Å²) in [4.78, 5) is 11.6. The Bertz CT molecular complexity index is 889. The van der Waals surface area contributed by atoms with E-state index in [4.69, 9.17) is 14.2 Å². The Morgan fingerprint density at radius 2 is 1.97 bits per heavy atom. The molecule has 3 N–H and O–H groups in total. The summed E-state index contributed by atoms with van der Waals surface area (Å²) in [6.45, 7) is 3.33. The molecule has 1 saturated carbocycles. The SMILES string of the molecule is CC(C)OC(=O)CCCC=CCC1C(O)CC(O)C1C1OC1C(O)COc1cccc(C(F)(F)F)c1. The van der Waals surface area contributed by atoms with Gasteiger partial charge < -0.3 is 29.5 Å². The van der Waals surface area contributed by atoms with Crippen LogP contribution in [0.4, 0.5) is 13.2 Å². The van der Waals surface area contributed by atoms with Gasteiger partial charge in [-0.05, 0) is 63.6 Å². The number of benzene rings is 1. The molecule has 1 saturated heterocycles. The van der Waals surface area contributed by atoms with Gasteiger partial charge in [0.15, 0.2) is 0 Å². The molecule has 0 radical (unpaired) electrons. The summed E-state index contributed by atoms with van der Waals surface area (Å²) in [5.74, 6) is -0.911. The van der Waals surface area contributed by atoms with Crippen molar-refractivity contribution in [2.45, 2.75) is 88.8 Å². The molecule has 7 nitrogen and oxygen atoms in total. The number of ether oxygens (including phenoxy) is 3. The van der Waals surface area contributed by atoms with Crippen molar-refractivity contribution in [2.24, 2.45) is 11.8 Å². The molecule has 10 heteroatoms. The van der Waals surface area contributed by atoms with Gasteiger partial charge in [0.25, 0.3) is 0 Å². The highest BCUT2D eigenvalue weighted by molar-refractivity contribution is 5.69. The van der Waals surface area contributed by atoms with Gasteiger partial charge in [0.05, 0.1) is 30.0 Å². The van der Waals surface area contributed by atoms with E-state index in [-0.39, 0.29) is 42.7 Å². The first-order chi connectivity index (χ1) is 17.0. The van der Waals surface area contributed by atoms with Crippen LogP contribution in [0.25, 0.3) is 0 Å². The summed E-state index contributed by atoms with van der Waals surface area (Å²) in [6, 6.07) is 4.41. The van der Waals surface area contributed by atoms with E-state index in [1.807, 2.05) is 12.2 Å². The maximum absolute atomic E-state index is 12.9. The molecule has 1 heterocycles. The van der Waals surface area contributed by atoms with Crippen LogP contribution in [0.15, 0.2) is 36.4 Å². The molecular formula is C26H35F3O7. The molecule has 7 atom stereocenters. The second-order valence-corrected chi connectivity index (χ2v) is 9.72. The average Bonchev–Trinajstić information content (AvgIpc) is 3.52. The summed E-state index contributed by atoms with van der Waals surface area (Å²) in [6.07, 6.45) is -2.18. The van der Waals surface area contributed by atoms with Gasteiger partial charge >= 0.3 is 12.1 Å². The standard InChI is InChI=1S/C26H35F3O7/c1-15(2)35-22(33)11-6-4-3-5-10-18-19(30)13-20(31)23(18)25-24(36-25)21(32)14-34-17-9-7-8-16(12-17)26(27,28)29/h3,5,7-9,12,15,18-21,23-25,30-32H,4,6,10-11,13-14H2,1-2H3. The number of rotatable bonds is 12. The molecular weight excluding hydrogens is 481 g/mol. The third-order valence-electron chi connectivity index (χ3n) is 6.51. The van der Waals surface area contributed by atoms with Gasteiger partial charge in [0.1, 0.15) is 24.6 Å². The van der Waals surface area contributed by atoms with E-state index in [1.54, 1.807) is 13.8 Å². The Labute approximate surface area is 208 Å². The van der Waals surface area contributed by atoms with E-state index in [2.05, 4.69) is 0 Å². The number of allylic oxidation sites excluding steroid dienone is 2. The van der Waals surface area contributed by atoms with Crippen molar-refractivity contribution in [1.29, 1.82) is 0 Å². The van der Waals surface area contributed by atoms with E-state index in [9.17, 15) is 33.3 Å². The molecule has 0 amide bonds. The van der Waals surface area contributed by atoms with Crippen LogP contribution < -0.4 is 4.74 Å². The molecule has 0 spiro atoms. The van der Waals surface area contributed by atoms with E-state index >= 15 is 0 Å². The second kappa shape index (κ2) is 12.4. The third-order valence-corrected chi connectivity index (χ3v) is 6.51. The number of hydrogen-bond acceptors (Lipinski definition) is 7. The first-order valence-electron chi connectivity index (χ1n) is 12.3. The summed E-state index contributed by atoms with van der Waals surface area (Å²) >= 11 is 0. The van der Waals surface area contributed by atoms with Gasteiger partial charge in [0, 0.05) is 12.3 Å². The summed E-state index contributed by atoms with van der Waals surface area (Å²) in [5.41, 5.74) is -0.843. The zero-order valence-corrected chi connectivity index (χ0v) is 20.4. The number of halogens is 3. The van der Waals surface area contributed by atoms with Gasteiger partial charge in [-0.1, -0.05) is 18.2 Å². The largest absolute Gasteiger partial charge is 0.491 e. The van der Waals surface area contributed by atoms with E-state index in [0.717, 1.165) is 12.1 Å². The van der Waals surface area contributed by atoms with Crippen LogP contribution in [0.1, 0.15) is 51.5 Å². The maximum Gasteiger partial charge on any atom is 0.416 e. The average molecular weight is 517 g/mol. The molecule has 1 aromatic rings. The van der Waals surface area contributed by atoms with Crippen molar-refractivity contribution >= 4 is 5.97 Å². The van der Waals surface area contributed by atoms with Gasteiger partial charge in [-0.3, -0.25) is 4.79 Å². The number of alkyl halides is 3. The molecule has 0 bridgehead atoms. The fourth-order valence-electron chi connectivity index (χ4n) is 4.75. The highest BCUT2D eigenvalue weighted by atomic mass is 19.4. The molecule has 2 aliphatic rings. The summed E-state index contributed by atoms with van der Waals surface area (Å²) in [5, 5.41) is 31.4. The first kappa shape index (κ1) is 28.4. The monoisotopic (exact) mass is 516 g/mol. The lowest BCUT2D eigenvalue weighted by Crippen LogP contribution is -2.32. The van der Waals surface area contributed by atoms with Crippen molar-refractivity contribution in [3.05, 3.63) is 42.0 Å². The van der Waals surface area contributed by atoms with Crippen LogP contribution in [0.3, 0.4) is 0 Å². The minimum Gasteiger partial charge on any atom is -0.491 e.